The fourth-order valence-electron chi connectivity index (χ4n) is 3.05. The Balaban J connectivity index is 1.82. The van der Waals surface area contributed by atoms with Crippen LogP contribution in [0.1, 0.15) is 41.9 Å². The minimum atomic E-state index is -0.498. The number of hydrogen-bond acceptors (Lipinski definition) is 3. The third-order valence-corrected chi connectivity index (χ3v) is 5.22. The minimum absolute atomic E-state index is 0.129. The number of aryl methyl sites for hydroxylation is 1. The highest BCUT2D eigenvalue weighted by atomic mass is 79.9. The number of likely N-dealkylation sites (tertiary alicyclic amines) is 1. The van der Waals surface area contributed by atoms with Gasteiger partial charge in [-0.1, -0.05) is 11.6 Å². The van der Waals surface area contributed by atoms with Gasteiger partial charge in [-0.3, -0.25) is 4.79 Å². The Kier molecular flexibility index (Phi) is 5.20. The predicted molar refractivity (Wildman–Crippen MR) is 92.7 cm³/mol. The summed E-state index contributed by atoms with van der Waals surface area (Å²) < 4.78 is 16.0. The number of hydrogen-bond donors (Lipinski definition) is 0. The Labute approximate surface area is 152 Å². The van der Waals surface area contributed by atoms with E-state index in [1.807, 2.05) is 11.5 Å². The molecule has 2 aromatic rings. The van der Waals surface area contributed by atoms with Crippen molar-refractivity contribution in [2.45, 2.75) is 32.2 Å². The quantitative estimate of drug-likeness (QED) is 0.715. The molecule has 5 nitrogen and oxygen atoms in total. The van der Waals surface area contributed by atoms with Crippen LogP contribution in [0, 0.1) is 5.82 Å². The number of piperidine rings is 1. The lowest BCUT2D eigenvalue weighted by Crippen LogP contribution is -2.40. The Bertz CT molecular complexity index is 767. The number of carbonyl (C=O) groups excluding carboxylic acids is 1. The average Bonchev–Trinajstić information content (AvgIpc) is 3.06. The summed E-state index contributed by atoms with van der Waals surface area (Å²) in [4.78, 5) is 14.5. The second-order valence-electron chi connectivity index (χ2n) is 5.81. The maximum absolute atomic E-state index is 13.8. The molecule has 24 heavy (non-hydrogen) atoms. The van der Waals surface area contributed by atoms with Crippen LogP contribution in [-0.4, -0.2) is 38.7 Å². The molecule has 128 valence electrons. The molecule has 0 aliphatic carbocycles. The first-order valence-corrected chi connectivity index (χ1v) is 8.99. The number of nitrogens with zero attached hydrogens (tertiary/aromatic N) is 4. The highest BCUT2D eigenvalue weighted by Gasteiger charge is 2.29. The molecular formula is C16H17BrClFN4O. The second-order valence-corrected chi connectivity index (χ2v) is 7.07. The van der Waals surface area contributed by atoms with Crippen molar-refractivity contribution in [3.63, 3.8) is 0 Å². The van der Waals surface area contributed by atoms with Crippen LogP contribution in [-0.2, 0) is 6.54 Å². The lowest BCUT2D eigenvalue weighted by atomic mass is 9.96. The van der Waals surface area contributed by atoms with Gasteiger partial charge < -0.3 is 9.47 Å². The van der Waals surface area contributed by atoms with Crippen LogP contribution in [0.5, 0.6) is 0 Å². The van der Waals surface area contributed by atoms with E-state index >= 15 is 0 Å². The first kappa shape index (κ1) is 17.4. The van der Waals surface area contributed by atoms with Gasteiger partial charge >= 0.3 is 0 Å². The molecule has 1 aromatic heterocycles. The van der Waals surface area contributed by atoms with Gasteiger partial charge in [0.1, 0.15) is 18.0 Å². The minimum Gasteiger partial charge on any atom is -0.338 e. The van der Waals surface area contributed by atoms with Gasteiger partial charge in [0.15, 0.2) is 0 Å². The van der Waals surface area contributed by atoms with Crippen LogP contribution in [0.15, 0.2) is 22.9 Å². The van der Waals surface area contributed by atoms with E-state index in [1.54, 1.807) is 11.2 Å². The molecule has 1 saturated heterocycles. The summed E-state index contributed by atoms with van der Waals surface area (Å²) in [5.41, 5.74) is 0.190. The molecule has 0 bridgehead atoms. The third kappa shape index (κ3) is 3.32. The van der Waals surface area contributed by atoms with Crippen LogP contribution >= 0.6 is 27.5 Å². The third-order valence-electron chi connectivity index (χ3n) is 4.30. The monoisotopic (exact) mass is 414 g/mol. The summed E-state index contributed by atoms with van der Waals surface area (Å²) in [6, 6.07) is 2.60. The summed E-state index contributed by atoms with van der Waals surface area (Å²) in [6.07, 6.45) is 3.52. The Morgan fingerprint density at radius 1 is 1.50 bits per heavy atom. The largest absolute Gasteiger partial charge is 0.338 e. The maximum Gasteiger partial charge on any atom is 0.255 e. The van der Waals surface area contributed by atoms with Gasteiger partial charge in [0.25, 0.3) is 5.91 Å². The van der Waals surface area contributed by atoms with Crippen molar-refractivity contribution in [3.8, 4) is 0 Å². The summed E-state index contributed by atoms with van der Waals surface area (Å²) in [5.74, 6) is 0.271. The van der Waals surface area contributed by atoms with E-state index in [4.69, 9.17) is 11.6 Å². The van der Waals surface area contributed by atoms with Crippen LogP contribution in [0.4, 0.5) is 4.39 Å². The smallest absolute Gasteiger partial charge is 0.255 e. The van der Waals surface area contributed by atoms with Crippen molar-refractivity contribution in [1.29, 1.82) is 0 Å². The molecule has 0 spiro atoms. The van der Waals surface area contributed by atoms with Gasteiger partial charge in [-0.2, -0.15) is 0 Å². The molecule has 1 aromatic carbocycles. The van der Waals surface area contributed by atoms with Crippen molar-refractivity contribution < 1.29 is 9.18 Å². The normalized spacial score (nSPS) is 18.0. The van der Waals surface area contributed by atoms with Crippen molar-refractivity contribution >= 4 is 33.4 Å². The zero-order chi connectivity index (χ0) is 17.3. The number of rotatable bonds is 3. The number of halogens is 3. The standard InChI is InChI=1S/C16H17BrClFN4O/c1-2-22-9-20-21-15(22)10-4-3-5-23(8-10)16(24)11-6-14(19)12(17)7-13(11)18/h6-7,9-10H,2-5,8H2,1H3. The van der Waals surface area contributed by atoms with Gasteiger partial charge in [-0.25, -0.2) is 4.39 Å². The molecule has 1 aliphatic heterocycles. The van der Waals surface area contributed by atoms with Crippen molar-refractivity contribution in [2.24, 2.45) is 0 Å². The Hall–Kier alpha value is -1.47. The Morgan fingerprint density at radius 3 is 3.04 bits per heavy atom. The van der Waals surface area contributed by atoms with E-state index in [9.17, 15) is 9.18 Å². The fourth-order valence-corrected chi connectivity index (χ4v) is 3.77. The molecule has 3 rings (SSSR count). The van der Waals surface area contributed by atoms with E-state index in [-0.39, 0.29) is 26.9 Å². The molecule has 0 radical (unpaired) electrons. The number of benzene rings is 1. The highest BCUT2D eigenvalue weighted by molar-refractivity contribution is 9.10. The van der Waals surface area contributed by atoms with Gasteiger partial charge in [0.05, 0.1) is 15.1 Å². The van der Waals surface area contributed by atoms with E-state index in [2.05, 4.69) is 26.1 Å². The summed E-state index contributed by atoms with van der Waals surface area (Å²) >= 11 is 9.20. The van der Waals surface area contributed by atoms with Gasteiger partial charge in [-0.15, -0.1) is 10.2 Å². The molecule has 2 heterocycles. The van der Waals surface area contributed by atoms with Crippen LogP contribution < -0.4 is 0 Å². The van der Waals surface area contributed by atoms with Gasteiger partial charge in [-0.05, 0) is 47.8 Å². The zero-order valence-electron chi connectivity index (χ0n) is 13.2. The van der Waals surface area contributed by atoms with Crippen molar-refractivity contribution in [2.75, 3.05) is 13.1 Å². The lowest BCUT2D eigenvalue weighted by molar-refractivity contribution is 0.0703. The van der Waals surface area contributed by atoms with Crippen LogP contribution in [0.2, 0.25) is 5.02 Å². The van der Waals surface area contributed by atoms with Gasteiger partial charge in [0, 0.05) is 25.6 Å². The van der Waals surface area contributed by atoms with E-state index in [1.165, 1.54) is 12.1 Å². The first-order chi connectivity index (χ1) is 11.5. The maximum atomic E-state index is 13.8. The molecule has 1 aliphatic rings. The molecule has 1 amide bonds. The van der Waals surface area contributed by atoms with Crippen molar-refractivity contribution in [3.05, 3.63) is 45.2 Å². The molecule has 0 N–H and O–H groups in total. The van der Waals surface area contributed by atoms with E-state index in [0.29, 0.717) is 13.1 Å². The first-order valence-electron chi connectivity index (χ1n) is 7.82. The van der Waals surface area contributed by atoms with Crippen molar-refractivity contribution in [1.82, 2.24) is 19.7 Å². The van der Waals surface area contributed by atoms with E-state index in [0.717, 1.165) is 25.2 Å². The topological polar surface area (TPSA) is 51.0 Å². The summed E-state index contributed by atoms with van der Waals surface area (Å²) in [5, 5.41) is 8.41. The predicted octanol–water partition coefficient (Wildman–Crippen LogP) is 3.87. The van der Waals surface area contributed by atoms with Crippen LogP contribution in [0.3, 0.4) is 0 Å². The average molecular weight is 416 g/mol. The zero-order valence-corrected chi connectivity index (χ0v) is 15.5. The molecule has 1 unspecified atom stereocenters. The van der Waals surface area contributed by atoms with Gasteiger partial charge in [0.2, 0.25) is 0 Å². The fraction of sp³-hybridized carbons (Fsp3) is 0.438. The molecule has 0 saturated carbocycles. The molecule has 1 atom stereocenters. The summed E-state index contributed by atoms with van der Waals surface area (Å²) in [7, 11) is 0. The number of aromatic nitrogens is 3. The number of amides is 1. The van der Waals surface area contributed by atoms with Crippen LogP contribution in [0.25, 0.3) is 0 Å². The molecule has 1 fully saturated rings. The highest BCUT2D eigenvalue weighted by Crippen LogP contribution is 2.29. The SMILES string of the molecule is CCn1cnnc1C1CCCN(C(=O)c2cc(F)c(Br)cc2Cl)C1. The molecular weight excluding hydrogens is 399 g/mol. The lowest BCUT2D eigenvalue weighted by Gasteiger charge is -2.32. The molecule has 8 heteroatoms. The second kappa shape index (κ2) is 7.19. The Morgan fingerprint density at radius 2 is 2.29 bits per heavy atom. The van der Waals surface area contributed by atoms with E-state index < -0.39 is 5.82 Å². The summed E-state index contributed by atoms with van der Waals surface area (Å²) in [6.45, 7) is 3.98. The number of carbonyl (C=O) groups is 1.